The monoisotopic (exact) mass is 476 g/mol. The van der Waals surface area contributed by atoms with Gasteiger partial charge in [0, 0.05) is 36.0 Å². The van der Waals surface area contributed by atoms with Crippen LogP contribution in [-0.4, -0.2) is 47.9 Å². The van der Waals surface area contributed by atoms with Crippen LogP contribution in [0.5, 0.6) is 5.75 Å². The SMILES string of the molecule is COc1ccc(-c2cc3cn(CC[C@](C)(C(=O)OC(C)(C)C)S(C)(=O)=O)nc3cc2F)cc1. The summed E-state index contributed by atoms with van der Waals surface area (Å²) in [6, 6.07) is 10.1. The van der Waals surface area contributed by atoms with E-state index in [1.807, 2.05) is 0 Å². The molecule has 7 nitrogen and oxygen atoms in total. The number of nitrogens with zero attached hydrogens (tertiary/aromatic N) is 2. The number of methoxy groups -OCH3 is 1. The lowest BCUT2D eigenvalue weighted by Gasteiger charge is -2.30. The summed E-state index contributed by atoms with van der Waals surface area (Å²) in [4.78, 5) is 12.7. The van der Waals surface area contributed by atoms with Gasteiger partial charge in [-0.3, -0.25) is 9.48 Å². The van der Waals surface area contributed by atoms with E-state index in [-0.39, 0.29) is 13.0 Å². The van der Waals surface area contributed by atoms with E-state index in [2.05, 4.69) is 5.10 Å². The number of hydrogen-bond acceptors (Lipinski definition) is 6. The minimum absolute atomic E-state index is 0.0391. The zero-order chi connectivity index (χ0) is 24.6. The number of fused-ring (bicyclic) bond motifs is 1. The Labute approximate surface area is 193 Å². The van der Waals surface area contributed by atoms with Gasteiger partial charge in [-0.15, -0.1) is 0 Å². The first-order valence-electron chi connectivity index (χ1n) is 10.5. The molecule has 33 heavy (non-hydrogen) atoms. The van der Waals surface area contributed by atoms with Gasteiger partial charge in [0.2, 0.25) is 0 Å². The third-order valence-corrected chi connectivity index (χ3v) is 7.52. The number of sulfone groups is 1. The molecular weight excluding hydrogens is 447 g/mol. The lowest BCUT2D eigenvalue weighted by Crippen LogP contribution is -2.47. The maximum Gasteiger partial charge on any atom is 0.327 e. The molecule has 0 bridgehead atoms. The van der Waals surface area contributed by atoms with Crippen molar-refractivity contribution in [3.05, 3.63) is 48.4 Å². The van der Waals surface area contributed by atoms with Gasteiger partial charge < -0.3 is 9.47 Å². The van der Waals surface area contributed by atoms with Crippen LogP contribution in [0.3, 0.4) is 0 Å². The normalized spacial score (nSPS) is 14.2. The van der Waals surface area contributed by atoms with Crippen molar-refractivity contribution < 1.29 is 27.1 Å². The number of ether oxygens (including phenoxy) is 2. The Kier molecular flexibility index (Phi) is 6.57. The van der Waals surface area contributed by atoms with Gasteiger partial charge >= 0.3 is 5.97 Å². The van der Waals surface area contributed by atoms with Gasteiger partial charge in [0.1, 0.15) is 17.2 Å². The molecule has 1 aromatic heterocycles. The smallest absolute Gasteiger partial charge is 0.327 e. The van der Waals surface area contributed by atoms with E-state index in [1.54, 1.807) is 64.4 Å². The molecule has 0 N–H and O–H groups in total. The van der Waals surface area contributed by atoms with Gasteiger partial charge in [-0.2, -0.15) is 5.10 Å². The van der Waals surface area contributed by atoms with Crippen LogP contribution in [0.15, 0.2) is 42.6 Å². The Hall–Kier alpha value is -2.94. The summed E-state index contributed by atoms with van der Waals surface area (Å²) in [6.07, 6.45) is 2.69. The van der Waals surface area contributed by atoms with E-state index in [1.165, 1.54) is 17.7 Å². The third kappa shape index (κ3) is 5.35. The molecule has 3 aromatic rings. The van der Waals surface area contributed by atoms with Crippen LogP contribution in [-0.2, 0) is 25.9 Å². The molecule has 9 heteroatoms. The Morgan fingerprint density at radius 3 is 2.30 bits per heavy atom. The summed E-state index contributed by atoms with van der Waals surface area (Å²) >= 11 is 0. The molecule has 0 saturated carbocycles. The van der Waals surface area contributed by atoms with E-state index >= 15 is 0 Å². The van der Waals surface area contributed by atoms with Crippen molar-refractivity contribution in [1.82, 2.24) is 9.78 Å². The van der Waals surface area contributed by atoms with Gasteiger partial charge in [0.25, 0.3) is 0 Å². The second kappa shape index (κ2) is 8.78. The van der Waals surface area contributed by atoms with Crippen LogP contribution >= 0.6 is 0 Å². The fourth-order valence-electron chi connectivity index (χ4n) is 3.36. The first-order chi connectivity index (χ1) is 15.2. The second-order valence-corrected chi connectivity index (χ2v) is 11.7. The zero-order valence-electron chi connectivity index (χ0n) is 19.7. The molecule has 0 aliphatic rings. The standard InChI is InChI=1S/C24H29FN2O5S/c1-23(2,3)32-22(28)24(4,33(6,29)30)11-12-27-15-17-13-19(20(25)14-21(17)26-27)16-7-9-18(31-5)10-8-16/h7-10,13-15H,11-12H2,1-6H3/t24-/m1/s1. The van der Waals surface area contributed by atoms with Crippen LogP contribution in [0.1, 0.15) is 34.1 Å². The number of aryl methyl sites for hydroxylation is 1. The molecule has 0 radical (unpaired) electrons. The summed E-state index contributed by atoms with van der Waals surface area (Å²) in [5, 5.41) is 5.06. The molecule has 178 valence electrons. The number of esters is 1. The largest absolute Gasteiger partial charge is 0.497 e. The molecule has 1 atom stereocenters. The number of carbonyl (C=O) groups is 1. The van der Waals surface area contributed by atoms with Gasteiger partial charge in [0.05, 0.1) is 12.6 Å². The Morgan fingerprint density at radius 2 is 1.76 bits per heavy atom. The molecule has 0 saturated heterocycles. The molecule has 3 rings (SSSR count). The highest BCUT2D eigenvalue weighted by atomic mass is 32.2. The minimum Gasteiger partial charge on any atom is -0.497 e. The number of aromatic nitrogens is 2. The van der Waals surface area contributed by atoms with Crippen LogP contribution in [0.25, 0.3) is 22.0 Å². The van der Waals surface area contributed by atoms with E-state index in [0.29, 0.717) is 27.8 Å². The molecule has 0 unspecified atom stereocenters. The highest BCUT2D eigenvalue weighted by Crippen LogP contribution is 2.30. The van der Waals surface area contributed by atoms with E-state index in [4.69, 9.17) is 9.47 Å². The molecule has 0 aliphatic carbocycles. The summed E-state index contributed by atoms with van der Waals surface area (Å²) in [5.41, 5.74) is 0.721. The highest BCUT2D eigenvalue weighted by molar-refractivity contribution is 7.92. The van der Waals surface area contributed by atoms with Crippen LogP contribution in [0.2, 0.25) is 0 Å². The first kappa shape index (κ1) is 24.7. The van der Waals surface area contributed by atoms with Crippen molar-refractivity contribution in [2.45, 2.75) is 51.0 Å². The van der Waals surface area contributed by atoms with E-state index in [9.17, 15) is 17.6 Å². The Bertz CT molecular complexity index is 1280. The van der Waals surface area contributed by atoms with E-state index in [0.717, 1.165) is 6.26 Å². The van der Waals surface area contributed by atoms with Crippen molar-refractivity contribution in [2.24, 2.45) is 0 Å². The summed E-state index contributed by atoms with van der Waals surface area (Å²) < 4.78 is 50.0. The van der Waals surface area contributed by atoms with Crippen molar-refractivity contribution in [2.75, 3.05) is 13.4 Å². The van der Waals surface area contributed by atoms with Crippen molar-refractivity contribution >= 4 is 26.7 Å². The number of carbonyl (C=O) groups excluding carboxylic acids is 1. The average Bonchev–Trinajstić information content (AvgIpc) is 3.11. The van der Waals surface area contributed by atoms with Crippen molar-refractivity contribution in [3.63, 3.8) is 0 Å². The topological polar surface area (TPSA) is 87.5 Å². The number of benzene rings is 2. The molecule has 0 amide bonds. The molecule has 0 spiro atoms. The number of rotatable bonds is 7. The molecule has 0 fully saturated rings. The lowest BCUT2D eigenvalue weighted by atomic mass is 10.0. The first-order valence-corrected chi connectivity index (χ1v) is 12.4. The number of halogens is 1. The summed E-state index contributed by atoms with van der Waals surface area (Å²) in [7, 11) is -2.21. The average molecular weight is 477 g/mol. The molecular formula is C24H29FN2O5S. The third-order valence-electron chi connectivity index (χ3n) is 5.51. The predicted molar refractivity (Wildman–Crippen MR) is 125 cm³/mol. The van der Waals surface area contributed by atoms with Gasteiger partial charge in [-0.05, 0) is 57.9 Å². The second-order valence-electron chi connectivity index (χ2n) is 9.27. The molecule has 1 heterocycles. The Balaban J connectivity index is 1.89. The molecule has 0 aliphatic heterocycles. The highest BCUT2D eigenvalue weighted by Gasteiger charge is 2.46. The van der Waals surface area contributed by atoms with Crippen molar-refractivity contribution in [3.8, 4) is 16.9 Å². The Morgan fingerprint density at radius 1 is 1.12 bits per heavy atom. The van der Waals surface area contributed by atoms with Gasteiger partial charge in [-0.25, -0.2) is 12.8 Å². The van der Waals surface area contributed by atoms with Crippen LogP contribution < -0.4 is 4.74 Å². The van der Waals surface area contributed by atoms with Gasteiger partial charge in [0.15, 0.2) is 14.6 Å². The number of hydrogen-bond donors (Lipinski definition) is 0. The summed E-state index contributed by atoms with van der Waals surface area (Å²) in [6.45, 7) is 6.55. The minimum atomic E-state index is -3.78. The summed E-state index contributed by atoms with van der Waals surface area (Å²) in [5.74, 6) is -0.554. The van der Waals surface area contributed by atoms with Crippen molar-refractivity contribution in [1.29, 1.82) is 0 Å². The van der Waals surface area contributed by atoms with Gasteiger partial charge in [-0.1, -0.05) is 12.1 Å². The van der Waals surface area contributed by atoms with Crippen LogP contribution in [0.4, 0.5) is 4.39 Å². The molecule has 2 aromatic carbocycles. The lowest BCUT2D eigenvalue weighted by molar-refractivity contribution is -0.158. The quantitative estimate of drug-likeness (QED) is 0.470. The fraction of sp³-hybridized carbons (Fsp3) is 0.417. The maximum absolute atomic E-state index is 14.8. The van der Waals surface area contributed by atoms with Crippen LogP contribution in [0, 0.1) is 5.82 Å². The zero-order valence-corrected chi connectivity index (χ0v) is 20.5. The predicted octanol–water partition coefficient (Wildman–Crippen LogP) is 4.39. The maximum atomic E-state index is 14.8. The van der Waals surface area contributed by atoms with E-state index < -0.39 is 32.0 Å². The fourth-order valence-corrected chi connectivity index (χ4v) is 4.16.